The number of aryl methyl sites for hydroxylation is 2. The van der Waals surface area contributed by atoms with Crippen molar-refractivity contribution in [3.63, 3.8) is 0 Å². The lowest BCUT2D eigenvalue weighted by Gasteiger charge is -1.98. The molecule has 3 aromatic rings. The Morgan fingerprint density at radius 1 is 1.14 bits per heavy atom. The minimum Gasteiger partial charge on any atom is -0.481 e. The van der Waals surface area contributed by atoms with Gasteiger partial charge < -0.3 is 10.1 Å². The number of hydrogen-bond donors (Lipinski definition) is 2. The average molecular weight is 279 g/mol. The van der Waals surface area contributed by atoms with Gasteiger partial charge in [0.15, 0.2) is 0 Å². The van der Waals surface area contributed by atoms with E-state index in [1.165, 1.54) is 11.1 Å². The number of aromatic nitrogens is 1. The first-order valence-electron chi connectivity index (χ1n) is 7.02. The zero-order valence-electron chi connectivity index (χ0n) is 11.9. The molecule has 0 aliphatic heterocycles. The molecule has 0 fully saturated rings. The van der Waals surface area contributed by atoms with Crippen LogP contribution in [0.1, 0.15) is 17.5 Å². The number of carboxylic acid groups (broad SMARTS) is 1. The van der Waals surface area contributed by atoms with Crippen molar-refractivity contribution < 1.29 is 9.90 Å². The number of aromatic amines is 1. The summed E-state index contributed by atoms with van der Waals surface area (Å²) < 4.78 is 0. The zero-order valence-corrected chi connectivity index (χ0v) is 11.9. The first-order valence-corrected chi connectivity index (χ1v) is 7.02. The van der Waals surface area contributed by atoms with Gasteiger partial charge in [0.2, 0.25) is 0 Å². The summed E-state index contributed by atoms with van der Waals surface area (Å²) in [6, 6.07) is 16.6. The maximum Gasteiger partial charge on any atom is 0.303 e. The first kappa shape index (κ1) is 13.4. The predicted octanol–water partition coefficient (Wildman–Crippen LogP) is 4.16. The van der Waals surface area contributed by atoms with Crippen molar-refractivity contribution in [3.05, 3.63) is 59.7 Å². The van der Waals surface area contributed by atoms with Crippen LogP contribution < -0.4 is 0 Å². The largest absolute Gasteiger partial charge is 0.481 e. The van der Waals surface area contributed by atoms with E-state index < -0.39 is 5.97 Å². The van der Waals surface area contributed by atoms with Gasteiger partial charge in [-0.2, -0.15) is 0 Å². The van der Waals surface area contributed by atoms with E-state index in [2.05, 4.69) is 48.3 Å². The van der Waals surface area contributed by atoms with Crippen LogP contribution in [0, 0.1) is 6.92 Å². The van der Waals surface area contributed by atoms with Crippen LogP contribution in [0.15, 0.2) is 48.5 Å². The zero-order chi connectivity index (χ0) is 14.8. The van der Waals surface area contributed by atoms with Crippen molar-refractivity contribution in [3.8, 4) is 11.3 Å². The monoisotopic (exact) mass is 279 g/mol. The van der Waals surface area contributed by atoms with E-state index in [1.54, 1.807) is 0 Å². The number of fused-ring (bicyclic) bond motifs is 1. The van der Waals surface area contributed by atoms with E-state index in [1.807, 2.05) is 12.1 Å². The molecule has 0 saturated heterocycles. The average Bonchev–Trinajstić information content (AvgIpc) is 2.88. The van der Waals surface area contributed by atoms with Crippen molar-refractivity contribution >= 4 is 16.9 Å². The topological polar surface area (TPSA) is 53.1 Å². The fourth-order valence-corrected chi connectivity index (χ4v) is 2.56. The second-order valence-electron chi connectivity index (χ2n) is 5.37. The Bertz CT molecular complexity index is 802. The van der Waals surface area contributed by atoms with Crippen LogP contribution in [-0.2, 0) is 11.2 Å². The second kappa shape index (κ2) is 5.44. The molecule has 0 aliphatic carbocycles. The number of hydrogen-bond acceptors (Lipinski definition) is 1. The summed E-state index contributed by atoms with van der Waals surface area (Å²) in [5, 5.41) is 9.88. The molecular weight excluding hydrogens is 262 g/mol. The molecule has 3 nitrogen and oxygen atoms in total. The number of nitrogens with one attached hydrogen (secondary N) is 1. The van der Waals surface area contributed by atoms with Gasteiger partial charge in [0, 0.05) is 23.0 Å². The quantitative estimate of drug-likeness (QED) is 0.753. The third-order valence-electron chi connectivity index (χ3n) is 3.64. The summed E-state index contributed by atoms with van der Waals surface area (Å²) in [6.45, 7) is 2.08. The van der Waals surface area contributed by atoms with Crippen LogP contribution >= 0.6 is 0 Å². The standard InChI is InChI=1S/C18H17NO2/c1-12-3-2-4-14(9-12)17-11-15-10-13(6-8-18(20)21)5-7-16(15)19-17/h2-5,7,9-11,19H,6,8H2,1H3,(H,20,21). The van der Waals surface area contributed by atoms with Gasteiger partial charge >= 0.3 is 5.97 Å². The predicted molar refractivity (Wildman–Crippen MR) is 84.4 cm³/mol. The van der Waals surface area contributed by atoms with Crippen LogP contribution in [-0.4, -0.2) is 16.1 Å². The summed E-state index contributed by atoms with van der Waals surface area (Å²) >= 11 is 0. The third-order valence-corrected chi connectivity index (χ3v) is 3.64. The normalized spacial score (nSPS) is 10.9. The fraction of sp³-hybridized carbons (Fsp3) is 0.167. The molecule has 0 atom stereocenters. The molecule has 0 spiro atoms. The summed E-state index contributed by atoms with van der Waals surface area (Å²) in [5.41, 5.74) is 5.61. The molecule has 2 aromatic carbocycles. The van der Waals surface area contributed by atoms with Crippen LogP contribution in [0.3, 0.4) is 0 Å². The Kier molecular flexibility index (Phi) is 3.48. The van der Waals surface area contributed by atoms with Crippen molar-refractivity contribution in [2.24, 2.45) is 0 Å². The Morgan fingerprint density at radius 2 is 2.00 bits per heavy atom. The molecule has 21 heavy (non-hydrogen) atoms. The molecule has 3 rings (SSSR count). The fourth-order valence-electron chi connectivity index (χ4n) is 2.56. The molecule has 0 amide bonds. The van der Waals surface area contributed by atoms with E-state index in [9.17, 15) is 4.79 Å². The molecule has 0 unspecified atom stereocenters. The van der Waals surface area contributed by atoms with Gasteiger partial charge in [0.05, 0.1) is 0 Å². The number of carbonyl (C=O) groups is 1. The second-order valence-corrected chi connectivity index (χ2v) is 5.37. The summed E-state index contributed by atoms with van der Waals surface area (Å²) in [6.07, 6.45) is 0.733. The lowest BCUT2D eigenvalue weighted by Crippen LogP contribution is -1.96. The van der Waals surface area contributed by atoms with E-state index in [4.69, 9.17) is 5.11 Å². The lowest BCUT2D eigenvalue weighted by molar-refractivity contribution is -0.136. The van der Waals surface area contributed by atoms with E-state index >= 15 is 0 Å². The molecule has 0 bridgehead atoms. The molecule has 3 heteroatoms. The highest BCUT2D eigenvalue weighted by Gasteiger charge is 2.05. The maximum atomic E-state index is 10.7. The molecule has 0 aliphatic rings. The van der Waals surface area contributed by atoms with Gasteiger partial charge in [-0.25, -0.2) is 0 Å². The smallest absolute Gasteiger partial charge is 0.303 e. The van der Waals surface area contributed by atoms with Crippen LogP contribution in [0.25, 0.3) is 22.2 Å². The number of carboxylic acids is 1. The van der Waals surface area contributed by atoms with Crippen LogP contribution in [0.2, 0.25) is 0 Å². The molecular formula is C18H17NO2. The number of aliphatic carboxylic acids is 1. The number of rotatable bonds is 4. The van der Waals surface area contributed by atoms with Crippen molar-refractivity contribution in [1.29, 1.82) is 0 Å². The Morgan fingerprint density at radius 3 is 2.76 bits per heavy atom. The van der Waals surface area contributed by atoms with Gasteiger partial charge in [-0.15, -0.1) is 0 Å². The molecule has 2 N–H and O–H groups in total. The Hall–Kier alpha value is -2.55. The van der Waals surface area contributed by atoms with Crippen molar-refractivity contribution in [2.75, 3.05) is 0 Å². The van der Waals surface area contributed by atoms with Gasteiger partial charge in [0.1, 0.15) is 0 Å². The molecule has 106 valence electrons. The highest BCUT2D eigenvalue weighted by Crippen LogP contribution is 2.25. The summed E-state index contributed by atoms with van der Waals surface area (Å²) in [7, 11) is 0. The van der Waals surface area contributed by atoms with E-state index in [-0.39, 0.29) is 6.42 Å². The summed E-state index contributed by atoms with van der Waals surface area (Å²) in [5.74, 6) is -0.760. The maximum absolute atomic E-state index is 10.7. The molecule has 1 heterocycles. The van der Waals surface area contributed by atoms with E-state index in [0.717, 1.165) is 22.2 Å². The third kappa shape index (κ3) is 2.97. The highest BCUT2D eigenvalue weighted by atomic mass is 16.4. The number of benzene rings is 2. The molecule has 1 aromatic heterocycles. The van der Waals surface area contributed by atoms with Gasteiger partial charge in [0.25, 0.3) is 0 Å². The van der Waals surface area contributed by atoms with Crippen LogP contribution in [0.4, 0.5) is 0 Å². The summed E-state index contributed by atoms with van der Waals surface area (Å²) in [4.78, 5) is 14.1. The van der Waals surface area contributed by atoms with Crippen LogP contribution in [0.5, 0.6) is 0 Å². The minimum atomic E-state index is -0.760. The van der Waals surface area contributed by atoms with Gasteiger partial charge in [-0.05, 0) is 48.7 Å². The lowest BCUT2D eigenvalue weighted by atomic mass is 10.1. The van der Waals surface area contributed by atoms with Crippen molar-refractivity contribution in [2.45, 2.75) is 19.8 Å². The molecule has 0 saturated carbocycles. The molecule has 0 radical (unpaired) electrons. The highest BCUT2D eigenvalue weighted by molar-refractivity contribution is 5.86. The Balaban J connectivity index is 1.94. The van der Waals surface area contributed by atoms with Gasteiger partial charge in [-0.3, -0.25) is 4.79 Å². The van der Waals surface area contributed by atoms with Gasteiger partial charge in [-0.1, -0.05) is 29.8 Å². The van der Waals surface area contributed by atoms with E-state index in [0.29, 0.717) is 6.42 Å². The Labute approximate surface area is 123 Å². The first-order chi connectivity index (χ1) is 10.1. The minimum absolute atomic E-state index is 0.167. The number of H-pyrrole nitrogens is 1. The van der Waals surface area contributed by atoms with Crippen molar-refractivity contribution in [1.82, 2.24) is 4.98 Å². The SMILES string of the molecule is Cc1cccc(-c2cc3cc(CCC(=O)O)ccc3[nH]2)c1.